The van der Waals surface area contributed by atoms with E-state index in [1.165, 1.54) is 24.8 Å². The third-order valence-corrected chi connectivity index (χ3v) is 3.94. The summed E-state index contributed by atoms with van der Waals surface area (Å²) in [5.74, 6) is 0. The lowest BCUT2D eigenvalue weighted by Crippen LogP contribution is -2.53. The molecule has 0 aliphatic heterocycles. The lowest BCUT2D eigenvalue weighted by Gasteiger charge is -2.48. The summed E-state index contributed by atoms with van der Waals surface area (Å²) in [6.45, 7) is 0.783. The second-order valence-corrected chi connectivity index (χ2v) is 4.67. The molecule has 0 bridgehead atoms. The van der Waals surface area contributed by atoms with E-state index in [1.54, 1.807) is 7.11 Å². The van der Waals surface area contributed by atoms with Gasteiger partial charge in [0.05, 0.1) is 6.61 Å². The van der Waals surface area contributed by atoms with E-state index < -0.39 is 0 Å². The minimum Gasteiger partial charge on any atom is -0.383 e. The summed E-state index contributed by atoms with van der Waals surface area (Å²) in [6, 6.07) is 11.3. The lowest BCUT2D eigenvalue weighted by molar-refractivity contribution is 0.0879. The van der Waals surface area contributed by atoms with Crippen LogP contribution >= 0.6 is 0 Å². The third-order valence-electron chi connectivity index (χ3n) is 3.94. The molecule has 0 saturated heterocycles. The maximum atomic E-state index is 5.34. The Hall–Kier alpha value is -0.860. The van der Waals surface area contributed by atoms with Gasteiger partial charge in [-0.15, -0.1) is 0 Å². The van der Waals surface area contributed by atoms with Gasteiger partial charge in [0.2, 0.25) is 0 Å². The van der Waals surface area contributed by atoms with Crippen LogP contribution in [0.2, 0.25) is 0 Å². The zero-order chi connectivity index (χ0) is 11.4. The zero-order valence-electron chi connectivity index (χ0n) is 10.2. The fourth-order valence-corrected chi connectivity index (χ4v) is 2.85. The fraction of sp³-hybridized carbons (Fsp3) is 0.571. The Bertz CT molecular complexity index is 319. The average Bonchev–Trinajstić information content (AvgIpc) is 2.28. The second-order valence-electron chi connectivity index (χ2n) is 4.67. The molecule has 2 heteroatoms. The van der Waals surface area contributed by atoms with Crippen molar-refractivity contribution in [2.75, 3.05) is 20.8 Å². The first-order valence-electron chi connectivity index (χ1n) is 6.05. The van der Waals surface area contributed by atoms with Crippen LogP contribution in [0, 0.1) is 0 Å². The Morgan fingerprint density at radius 3 is 2.44 bits per heavy atom. The number of likely N-dealkylation sites (N-methyl/N-ethyl adjacent to an activating group) is 1. The molecule has 88 valence electrons. The summed E-state index contributed by atoms with van der Waals surface area (Å²) in [7, 11) is 3.81. The van der Waals surface area contributed by atoms with E-state index in [1.807, 2.05) is 7.05 Å². The van der Waals surface area contributed by atoms with E-state index in [4.69, 9.17) is 4.74 Å². The first-order valence-corrected chi connectivity index (χ1v) is 6.05. The standard InChI is InChI=1S/C14H21NO/c1-15-13(11-16-2)14(9-6-10-14)12-7-4-3-5-8-12/h3-5,7-8,13,15H,6,9-11H2,1-2H3. The van der Waals surface area contributed by atoms with E-state index in [-0.39, 0.29) is 0 Å². The highest BCUT2D eigenvalue weighted by molar-refractivity contribution is 5.30. The Labute approximate surface area is 98.0 Å². The first kappa shape index (κ1) is 11.6. The summed E-state index contributed by atoms with van der Waals surface area (Å²) in [6.07, 6.45) is 3.87. The van der Waals surface area contributed by atoms with Gasteiger partial charge < -0.3 is 10.1 Å². The average molecular weight is 219 g/mol. The fourth-order valence-electron chi connectivity index (χ4n) is 2.85. The molecule has 0 amide bonds. The molecule has 0 aromatic heterocycles. The van der Waals surface area contributed by atoms with E-state index in [2.05, 4.69) is 35.6 Å². The van der Waals surface area contributed by atoms with Crippen molar-refractivity contribution in [1.29, 1.82) is 0 Å². The van der Waals surface area contributed by atoms with Gasteiger partial charge in [0, 0.05) is 18.6 Å². The van der Waals surface area contributed by atoms with Crippen molar-refractivity contribution in [2.45, 2.75) is 30.7 Å². The third kappa shape index (κ3) is 1.87. The van der Waals surface area contributed by atoms with Crippen molar-refractivity contribution in [3.05, 3.63) is 35.9 Å². The molecular weight excluding hydrogens is 198 g/mol. The van der Waals surface area contributed by atoms with Gasteiger partial charge in [-0.25, -0.2) is 0 Å². The Morgan fingerprint density at radius 1 is 1.31 bits per heavy atom. The van der Waals surface area contributed by atoms with E-state index in [0.29, 0.717) is 11.5 Å². The Morgan fingerprint density at radius 2 is 2.00 bits per heavy atom. The number of nitrogens with one attached hydrogen (secondary N) is 1. The number of benzene rings is 1. The molecule has 1 unspecified atom stereocenters. The van der Waals surface area contributed by atoms with Gasteiger partial charge in [-0.05, 0) is 25.5 Å². The molecule has 1 aromatic carbocycles. The summed E-state index contributed by atoms with van der Waals surface area (Å²) < 4.78 is 5.34. The number of ether oxygens (including phenoxy) is 1. The van der Waals surface area contributed by atoms with Crippen LogP contribution in [0.5, 0.6) is 0 Å². The SMILES string of the molecule is CNC(COC)C1(c2ccccc2)CCC1. The highest BCUT2D eigenvalue weighted by Crippen LogP contribution is 2.46. The highest BCUT2D eigenvalue weighted by Gasteiger charge is 2.44. The lowest BCUT2D eigenvalue weighted by atomic mass is 9.60. The smallest absolute Gasteiger partial charge is 0.0624 e. The van der Waals surface area contributed by atoms with Crippen LogP contribution in [-0.4, -0.2) is 26.8 Å². The molecule has 0 heterocycles. The van der Waals surface area contributed by atoms with Gasteiger partial charge in [0.1, 0.15) is 0 Å². The van der Waals surface area contributed by atoms with Crippen molar-refractivity contribution in [2.24, 2.45) is 0 Å². The normalized spacial score (nSPS) is 20.1. The molecule has 1 aromatic rings. The number of hydrogen-bond donors (Lipinski definition) is 1. The van der Waals surface area contributed by atoms with Gasteiger partial charge in [-0.2, -0.15) is 0 Å². The number of methoxy groups -OCH3 is 1. The molecule has 2 rings (SSSR count). The van der Waals surface area contributed by atoms with Gasteiger partial charge in [-0.1, -0.05) is 36.8 Å². The molecule has 1 aliphatic carbocycles. The van der Waals surface area contributed by atoms with Gasteiger partial charge in [0.15, 0.2) is 0 Å². The predicted molar refractivity (Wildman–Crippen MR) is 66.7 cm³/mol. The minimum atomic E-state index is 0.298. The van der Waals surface area contributed by atoms with Crippen LogP contribution in [0.3, 0.4) is 0 Å². The van der Waals surface area contributed by atoms with Gasteiger partial charge >= 0.3 is 0 Å². The molecule has 1 fully saturated rings. The molecular formula is C14H21NO. The zero-order valence-corrected chi connectivity index (χ0v) is 10.2. The van der Waals surface area contributed by atoms with Crippen molar-refractivity contribution in [3.63, 3.8) is 0 Å². The van der Waals surface area contributed by atoms with Gasteiger partial charge in [-0.3, -0.25) is 0 Å². The number of hydrogen-bond acceptors (Lipinski definition) is 2. The molecule has 16 heavy (non-hydrogen) atoms. The first-order chi connectivity index (χ1) is 7.83. The molecule has 0 radical (unpaired) electrons. The molecule has 1 N–H and O–H groups in total. The van der Waals surface area contributed by atoms with Gasteiger partial charge in [0.25, 0.3) is 0 Å². The van der Waals surface area contributed by atoms with Crippen molar-refractivity contribution >= 4 is 0 Å². The van der Waals surface area contributed by atoms with E-state index >= 15 is 0 Å². The van der Waals surface area contributed by atoms with Crippen LogP contribution in [0.25, 0.3) is 0 Å². The molecule has 1 aliphatic rings. The van der Waals surface area contributed by atoms with Crippen LogP contribution < -0.4 is 5.32 Å². The van der Waals surface area contributed by atoms with Crippen molar-refractivity contribution in [1.82, 2.24) is 5.32 Å². The van der Waals surface area contributed by atoms with Crippen LogP contribution in [0.15, 0.2) is 30.3 Å². The monoisotopic (exact) mass is 219 g/mol. The summed E-state index contributed by atoms with van der Waals surface area (Å²) in [5, 5.41) is 3.42. The maximum Gasteiger partial charge on any atom is 0.0624 e. The molecule has 1 saturated carbocycles. The predicted octanol–water partition coefficient (Wildman–Crippen LogP) is 2.34. The largest absolute Gasteiger partial charge is 0.383 e. The van der Waals surface area contributed by atoms with Crippen LogP contribution in [0.1, 0.15) is 24.8 Å². The second kappa shape index (κ2) is 4.98. The Balaban J connectivity index is 2.25. The quantitative estimate of drug-likeness (QED) is 0.820. The van der Waals surface area contributed by atoms with Crippen molar-refractivity contribution < 1.29 is 4.74 Å². The van der Waals surface area contributed by atoms with E-state index in [9.17, 15) is 0 Å². The Kier molecular flexibility index (Phi) is 3.62. The van der Waals surface area contributed by atoms with Crippen LogP contribution in [0.4, 0.5) is 0 Å². The minimum absolute atomic E-state index is 0.298. The summed E-state index contributed by atoms with van der Waals surface area (Å²) >= 11 is 0. The van der Waals surface area contributed by atoms with E-state index in [0.717, 1.165) is 6.61 Å². The summed E-state index contributed by atoms with van der Waals surface area (Å²) in [5.41, 5.74) is 1.75. The number of rotatable bonds is 5. The molecule has 1 atom stereocenters. The summed E-state index contributed by atoms with van der Waals surface area (Å²) in [4.78, 5) is 0. The maximum absolute atomic E-state index is 5.34. The molecule has 0 spiro atoms. The molecule has 2 nitrogen and oxygen atoms in total. The topological polar surface area (TPSA) is 21.3 Å². The van der Waals surface area contributed by atoms with Crippen LogP contribution in [-0.2, 0) is 10.2 Å². The highest BCUT2D eigenvalue weighted by atomic mass is 16.5. The van der Waals surface area contributed by atoms with Crippen molar-refractivity contribution in [3.8, 4) is 0 Å².